The molecule has 3 aromatic carbocycles. The number of carbonyl (C=O) groups excluding carboxylic acids is 2. The second-order valence-corrected chi connectivity index (χ2v) is 8.62. The minimum absolute atomic E-state index is 0.0141. The Balaban J connectivity index is 1.69. The van der Waals surface area contributed by atoms with Gasteiger partial charge in [0.15, 0.2) is 0 Å². The van der Waals surface area contributed by atoms with E-state index in [9.17, 15) is 14.0 Å². The summed E-state index contributed by atoms with van der Waals surface area (Å²) in [6.07, 6.45) is 0.646. The Morgan fingerprint density at radius 3 is 2.29 bits per heavy atom. The van der Waals surface area contributed by atoms with E-state index in [1.165, 1.54) is 30.0 Å². The van der Waals surface area contributed by atoms with Crippen molar-refractivity contribution in [3.63, 3.8) is 0 Å². The van der Waals surface area contributed by atoms with Gasteiger partial charge in [-0.1, -0.05) is 31.2 Å². The van der Waals surface area contributed by atoms with E-state index in [4.69, 9.17) is 0 Å². The third-order valence-corrected chi connectivity index (χ3v) is 6.00. The van der Waals surface area contributed by atoms with Gasteiger partial charge in [0, 0.05) is 16.3 Å². The van der Waals surface area contributed by atoms with Gasteiger partial charge in [0.05, 0.1) is 10.8 Å². The molecule has 0 aliphatic rings. The van der Waals surface area contributed by atoms with E-state index in [0.29, 0.717) is 12.1 Å². The first kappa shape index (κ1) is 22.6. The van der Waals surface area contributed by atoms with Gasteiger partial charge in [0.2, 0.25) is 5.91 Å². The predicted octanol–water partition coefficient (Wildman–Crippen LogP) is 6.20. The molecule has 0 radical (unpaired) electrons. The quantitative estimate of drug-likeness (QED) is 0.433. The lowest BCUT2D eigenvalue weighted by molar-refractivity contribution is -0.115. The van der Waals surface area contributed by atoms with E-state index in [0.717, 1.165) is 21.7 Å². The maximum absolute atomic E-state index is 13.8. The number of aryl methyl sites for hydroxylation is 2. The summed E-state index contributed by atoms with van der Waals surface area (Å²) < 4.78 is 13.8. The van der Waals surface area contributed by atoms with Crippen molar-refractivity contribution in [3.8, 4) is 0 Å². The second kappa shape index (κ2) is 10.3. The Labute approximate surface area is 186 Å². The van der Waals surface area contributed by atoms with Gasteiger partial charge in [0.25, 0.3) is 5.91 Å². The number of amides is 2. The molecule has 0 aromatic heterocycles. The zero-order valence-electron chi connectivity index (χ0n) is 17.7. The van der Waals surface area contributed by atoms with Crippen molar-refractivity contribution in [2.45, 2.75) is 37.3 Å². The Bertz CT molecular complexity index is 1080. The van der Waals surface area contributed by atoms with E-state index >= 15 is 0 Å². The molecule has 1 atom stereocenters. The Morgan fingerprint density at radius 2 is 1.61 bits per heavy atom. The highest BCUT2D eigenvalue weighted by Crippen LogP contribution is 2.29. The molecule has 2 amide bonds. The first-order valence-corrected chi connectivity index (χ1v) is 11.0. The first-order chi connectivity index (χ1) is 14.9. The van der Waals surface area contributed by atoms with E-state index in [1.807, 2.05) is 39.0 Å². The molecule has 0 aliphatic carbocycles. The van der Waals surface area contributed by atoms with Crippen molar-refractivity contribution in [1.82, 2.24) is 0 Å². The summed E-state index contributed by atoms with van der Waals surface area (Å²) in [5, 5.41) is 5.42. The Kier molecular flexibility index (Phi) is 7.47. The van der Waals surface area contributed by atoms with Gasteiger partial charge >= 0.3 is 0 Å². The molecule has 1 unspecified atom stereocenters. The van der Waals surface area contributed by atoms with Crippen molar-refractivity contribution < 1.29 is 14.0 Å². The molecular weight excluding hydrogens is 411 g/mol. The smallest absolute Gasteiger partial charge is 0.258 e. The average Bonchev–Trinajstić information content (AvgIpc) is 2.71. The van der Waals surface area contributed by atoms with Crippen LogP contribution in [0, 0.1) is 19.7 Å². The molecule has 4 nitrogen and oxygen atoms in total. The van der Waals surface area contributed by atoms with Crippen LogP contribution in [0.3, 0.4) is 0 Å². The number of benzene rings is 3. The summed E-state index contributed by atoms with van der Waals surface area (Å²) in [5.41, 5.74) is 3.50. The fourth-order valence-corrected chi connectivity index (χ4v) is 4.26. The van der Waals surface area contributed by atoms with Crippen molar-refractivity contribution >= 4 is 35.0 Å². The lowest BCUT2D eigenvalue weighted by atomic mass is 10.1. The summed E-state index contributed by atoms with van der Waals surface area (Å²) in [4.78, 5) is 26.0. The molecule has 31 heavy (non-hydrogen) atoms. The number of carbonyl (C=O) groups is 2. The minimum Gasteiger partial charge on any atom is -0.325 e. The number of halogens is 1. The minimum atomic E-state index is -0.570. The van der Waals surface area contributed by atoms with E-state index < -0.39 is 11.7 Å². The summed E-state index contributed by atoms with van der Waals surface area (Å²) in [7, 11) is 0. The highest BCUT2D eigenvalue weighted by molar-refractivity contribution is 8.00. The van der Waals surface area contributed by atoms with E-state index in [-0.39, 0.29) is 16.7 Å². The van der Waals surface area contributed by atoms with Crippen LogP contribution >= 0.6 is 11.8 Å². The fraction of sp³-hybridized carbons (Fsp3) is 0.200. The van der Waals surface area contributed by atoms with Crippen LogP contribution in [0.25, 0.3) is 0 Å². The number of anilines is 2. The monoisotopic (exact) mass is 436 g/mol. The normalized spacial score (nSPS) is 11.6. The topological polar surface area (TPSA) is 58.2 Å². The van der Waals surface area contributed by atoms with Gasteiger partial charge in [-0.05, 0) is 73.9 Å². The molecule has 3 aromatic rings. The summed E-state index contributed by atoms with van der Waals surface area (Å²) in [6, 6.07) is 19.0. The van der Waals surface area contributed by atoms with Crippen LogP contribution in [-0.4, -0.2) is 17.1 Å². The lowest BCUT2D eigenvalue weighted by Gasteiger charge is -2.16. The number of thioether (sulfide) groups is 1. The van der Waals surface area contributed by atoms with Crippen molar-refractivity contribution in [2.75, 3.05) is 10.6 Å². The molecule has 0 spiro atoms. The zero-order chi connectivity index (χ0) is 22.4. The fourth-order valence-electron chi connectivity index (χ4n) is 3.25. The largest absolute Gasteiger partial charge is 0.325 e. The van der Waals surface area contributed by atoms with Gasteiger partial charge in [-0.25, -0.2) is 4.39 Å². The Hall–Kier alpha value is -3.12. The van der Waals surface area contributed by atoms with Crippen LogP contribution < -0.4 is 10.6 Å². The van der Waals surface area contributed by atoms with Crippen molar-refractivity contribution in [3.05, 3.63) is 89.2 Å². The molecule has 0 saturated heterocycles. The molecule has 160 valence electrons. The lowest BCUT2D eigenvalue weighted by Crippen LogP contribution is -2.24. The van der Waals surface area contributed by atoms with Crippen LogP contribution in [0.2, 0.25) is 0 Å². The summed E-state index contributed by atoms with van der Waals surface area (Å²) in [5.74, 6) is -1.15. The molecule has 3 rings (SSSR count). The third kappa shape index (κ3) is 6.18. The van der Waals surface area contributed by atoms with Crippen LogP contribution in [-0.2, 0) is 4.79 Å². The highest BCUT2D eigenvalue weighted by atomic mass is 32.2. The molecule has 0 fully saturated rings. The van der Waals surface area contributed by atoms with Crippen LogP contribution in [0.15, 0.2) is 71.6 Å². The van der Waals surface area contributed by atoms with Crippen LogP contribution in [0.5, 0.6) is 0 Å². The summed E-state index contributed by atoms with van der Waals surface area (Å²) in [6.45, 7) is 5.95. The second-order valence-electron chi connectivity index (χ2n) is 7.34. The van der Waals surface area contributed by atoms with Crippen molar-refractivity contribution in [1.29, 1.82) is 0 Å². The van der Waals surface area contributed by atoms with E-state index in [2.05, 4.69) is 16.7 Å². The number of rotatable bonds is 7. The molecule has 6 heteroatoms. The van der Waals surface area contributed by atoms with Gasteiger partial charge in [-0.3, -0.25) is 9.59 Å². The third-order valence-electron chi connectivity index (χ3n) is 4.64. The van der Waals surface area contributed by atoms with Gasteiger partial charge in [0.1, 0.15) is 5.82 Å². The number of hydrogen-bond donors (Lipinski definition) is 2. The van der Waals surface area contributed by atoms with Gasteiger partial charge < -0.3 is 10.6 Å². The van der Waals surface area contributed by atoms with Gasteiger partial charge in [-0.2, -0.15) is 0 Å². The molecule has 0 aliphatic heterocycles. The highest BCUT2D eigenvalue weighted by Gasteiger charge is 2.19. The zero-order valence-corrected chi connectivity index (χ0v) is 18.6. The number of nitrogens with one attached hydrogen (secondary N) is 2. The predicted molar refractivity (Wildman–Crippen MR) is 125 cm³/mol. The molecule has 0 saturated carbocycles. The van der Waals surface area contributed by atoms with Crippen molar-refractivity contribution in [2.24, 2.45) is 0 Å². The molecule has 0 heterocycles. The number of hydrogen-bond acceptors (Lipinski definition) is 3. The van der Waals surface area contributed by atoms with E-state index in [1.54, 1.807) is 24.3 Å². The standard InChI is InChI=1S/C25H25FN2O2S/c1-4-23(25(30)28-19-13-16(2)12-17(3)14-19)31-20-9-7-8-18(15-20)27-24(29)21-10-5-6-11-22(21)26/h5-15,23H,4H2,1-3H3,(H,27,29)(H,28,30). The van der Waals surface area contributed by atoms with Crippen LogP contribution in [0.1, 0.15) is 34.8 Å². The van der Waals surface area contributed by atoms with Crippen LogP contribution in [0.4, 0.5) is 15.8 Å². The van der Waals surface area contributed by atoms with Gasteiger partial charge in [-0.15, -0.1) is 11.8 Å². The molecule has 0 bridgehead atoms. The Morgan fingerprint density at radius 1 is 0.903 bits per heavy atom. The maximum atomic E-state index is 13.8. The maximum Gasteiger partial charge on any atom is 0.258 e. The summed E-state index contributed by atoms with van der Waals surface area (Å²) >= 11 is 1.43. The first-order valence-electron chi connectivity index (χ1n) is 10.1. The molecular formula is C25H25FN2O2S. The average molecular weight is 437 g/mol. The molecule has 2 N–H and O–H groups in total. The SMILES string of the molecule is CCC(Sc1cccc(NC(=O)c2ccccc2F)c1)C(=O)Nc1cc(C)cc(C)c1.